The molecule has 1 aliphatic heterocycles. The monoisotopic (exact) mass is 425 g/mol. The van der Waals surface area contributed by atoms with E-state index in [9.17, 15) is 9.59 Å². The molecule has 0 aromatic carbocycles. The first kappa shape index (κ1) is 20.7. The summed E-state index contributed by atoms with van der Waals surface area (Å²) in [5.41, 5.74) is 1.41. The Morgan fingerprint density at radius 1 is 1.03 bits per heavy atom. The molecule has 2 aromatic heterocycles. The fraction of sp³-hybridized carbons (Fsp3) is 0.680. The van der Waals surface area contributed by atoms with Crippen LogP contribution in [-0.4, -0.2) is 38.9 Å². The summed E-state index contributed by atoms with van der Waals surface area (Å²) in [4.78, 5) is 29.6. The number of furan rings is 1. The van der Waals surface area contributed by atoms with Crippen LogP contribution in [0.2, 0.25) is 0 Å². The molecule has 168 valence electrons. The molecule has 2 saturated carbocycles. The number of aromatic nitrogens is 1. The van der Waals surface area contributed by atoms with Gasteiger partial charge in [-0.2, -0.15) is 0 Å². The minimum absolute atomic E-state index is 0.00559. The van der Waals surface area contributed by atoms with Gasteiger partial charge in [0.05, 0.1) is 12.1 Å². The zero-order chi connectivity index (χ0) is 21.6. The van der Waals surface area contributed by atoms with Crippen LogP contribution >= 0.6 is 0 Å². The second-order valence-corrected chi connectivity index (χ2v) is 10.1. The highest BCUT2D eigenvalue weighted by Gasteiger charge is 2.51. The van der Waals surface area contributed by atoms with Gasteiger partial charge in [-0.05, 0) is 39.5 Å². The van der Waals surface area contributed by atoms with Crippen molar-refractivity contribution in [1.29, 1.82) is 0 Å². The van der Waals surface area contributed by atoms with Crippen LogP contribution in [0.3, 0.4) is 0 Å². The lowest BCUT2D eigenvalue weighted by atomic mass is 9.86. The summed E-state index contributed by atoms with van der Waals surface area (Å²) in [6, 6.07) is 4.19. The molecule has 31 heavy (non-hydrogen) atoms. The van der Waals surface area contributed by atoms with Crippen molar-refractivity contribution in [3.05, 3.63) is 23.6 Å². The average molecular weight is 426 g/mol. The largest absolute Gasteiger partial charge is 0.460 e. The highest BCUT2D eigenvalue weighted by molar-refractivity contribution is 6.03. The number of carbonyl (C=O) groups excluding carboxylic acids is 2. The van der Waals surface area contributed by atoms with E-state index in [1.165, 1.54) is 32.1 Å². The third kappa shape index (κ3) is 3.58. The van der Waals surface area contributed by atoms with Crippen molar-refractivity contribution >= 4 is 22.9 Å². The fourth-order valence-corrected chi connectivity index (χ4v) is 6.10. The Kier molecular flexibility index (Phi) is 5.35. The van der Waals surface area contributed by atoms with E-state index in [1.807, 2.05) is 35.4 Å². The Bertz CT molecular complexity index is 976. The highest BCUT2D eigenvalue weighted by atomic mass is 16.3. The Morgan fingerprint density at radius 2 is 1.68 bits per heavy atom. The van der Waals surface area contributed by atoms with E-state index in [2.05, 4.69) is 5.32 Å². The van der Waals surface area contributed by atoms with Gasteiger partial charge in [-0.25, -0.2) is 0 Å². The molecule has 1 N–H and O–H groups in total. The fourth-order valence-electron chi connectivity index (χ4n) is 6.10. The number of hydrogen-bond acceptors (Lipinski definition) is 3. The Labute approximate surface area is 184 Å². The van der Waals surface area contributed by atoms with Crippen molar-refractivity contribution < 1.29 is 14.0 Å². The molecule has 2 aromatic rings. The minimum atomic E-state index is -0.893. The van der Waals surface area contributed by atoms with Crippen molar-refractivity contribution in [3.8, 4) is 0 Å². The van der Waals surface area contributed by atoms with Gasteiger partial charge in [-0.15, -0.1) is 0 Å². The second-order valence-electron chi connectivity index (χ2n) is 10.1. The summed E-state index contributed by atoms with van der Waals surface area (Å²) in [6.07, 6.45) is 12.3. The maximum Gasteiger partial charge on any atom is 0.271 e. The molecule has 0 bridgehead atoms. The number of nitrogens with one attached hydrogen (secondary N) is 1. The molecule has 3 aliphatic rings. The molecule has 3 heterocycles. The van der Waals surface area contributed by atoms with Crippen molar-refractivity contribution in [2.75, 3.05) is 0 Å². The Hall–Kier alpha value is -2.24. The van der Waals surface area contributed by atoms with Crippen LogP contribution in [0.15, 0.2) is 16.5 Å². The van der Waals surface area contributed by atoms with Gasteiger partial charge in [0.1, 0.15) is 17.0 Å². The molecule has 0 saturated heterocycles. The maximum absolute atomic E-state index is 13.8. The molecule has 0 spiro atoms. The van der Waals surface area contributed by atoms with Crippen LogP contribution in [0.25, 0.3) is 11.1 Å². The van der Waals surface area contributed by atoms with E-state index in [0.29, 0.717) is 12.2 Å². The Balaban J connectivity index is 1.52. The van der Waals surface area contributed by atoms with Crippen LogP contribution in [0, 0.1) is 6.92 Å². The van der Waals surface area contributed by atoms with Crippen molar-refractivity contribution in [1.82, 2.24) is 14.8 Å². The number of fused-ring (bicyclic) bond motifs is 3. The zero-order valence-corrected chi connectivity index (χ0v) is 18.9. The van der Waals surface area contributed by atoms with Crippen LogP contribution in [0.5, 0.6) is 0 Å². The molecule has 6 heteroatoms. The maximum atomic E-state index is 13.8. The molecule has 1 atom stereocenters. The van der Waals surface area contributed by atoms with Gasteiger partial charge >= 0.3 is 0 Å². The minimum Gasteiger partial charge on any atom is -0.460 e. The van der Waals surface area contributed by atoms with E-state index in [4.69, 9.17) is 4.42 Å². The van der Waals surface area contributed by atoms with E-state index in [-0.39, 0.29) is 23.9 Å². The van der Waals surface area contributed by atoms with Gasteiger partial charge in [-0.1, -0.05) is 44.9 Å². The molecule has 6 nitrogen and oxygen atoms in total. The van der Waals surface area contributed by atoms with E-state index >= 15 is 0 Å². The molecule has 0 unspecified atom stereocenters. The predicted molar refractivity (Wildman–Crippen MR) is 120 cm³/mol. The van der Waals surface area contributed by atoms with E-state index in [0.717, 1.165) is 55.4 Å². The lowest BCUT2D eigenvalue weighted by Crippen LogP contribution is -2.67. The molecule has 5 rings (SSSR count). The molecule has 2 amide bonds. The standard InChI is InChI=1S/C25H35N3O3/c1-17-14-20-22(31-17)15-21-23(29)28(19-12-8-5-9-13-19)25(2,16-27(20)21)24(30)26-18-10-6-3-4-7-11-18/h14-15,18-19H,3-13,16H2,1-2H3,(H,26,30)/t25-/m0/s1. The van der Waals surface area contributed by atoms with Crippen LogP contribution in [-0.2, 0) is 11.3 Å². The third-order valence-electron chi connectivity index (χ3n) is 7.77. The van der Waals surface area contributed by atoms with Gasteiger partial charge in [-0.3, -0.25) is 9.59 Å². The summed E-state index contributed by atoms with van der Waals surface area (Å²) in [5.74, 6) is 0.804. The lowest BCUT2D eigenvalue weighted by Gasteiger charge is -2.49. The van der Waals surface area contributed by atoms with Crippen LogP contribution in [0.1, 0.15) is 93.8 Å². The van der Waals surface area contributed by atoms with E-state index in [1.54, 1.807) is 0 Å². The first-order valence-corrected chi connectivity index (χ1v) is 12.2. The molecule has 2 aliphatic carbocycles. The zero-order valence-electron chi connectivity index (χ0n) is 18.9. The normalized spacial score (nSPS) is 26.1. The summed E-state index contributed by atoms with van der Waals surface area (Å²) in [6.45, 7) is 4.38. The number of carbonyl (C=O) groups is 2. The van der Waals surface area contributed by atoms with Gasteiger partial charge in [0.2, 0.25) is 5.91 Å². The Morgan fingerprint density at radius 3 is 2.39 bits per heavy atom. The van der Waals surface area contributed by atoms with Crippen LogP contribution in [0.4, 0.5) is 0 Å². The first-order valence-electron chi connectivity index (χ1n) is 12.2. The quantitative estimate of drug-likeness (QED) is 0.709. The number of hydrogen-bond donors (Lipinski definition) is 1. The lowest BCUT2D eigenvalue weighted by molar-refractivity contribution is -0.135. The molecular weight excluding hydrogens is 390 g/mol. The van der Waals surface area contributed by atoms with Crippen molar-refractivity contribution in [2.24, 2.45) is 0 Å². The van der Waals surface area contributed by atoms with Gasteiger partial charge in [0.15, 0.2) is 5.58 Å². The number of amides is 2. The summed E-state index contributed by atoms with van der Waals surface area (Å²) < 4.78 is 7.84. The average Bonchev–Trinajstić information content (AvgIpc) is 3.14. The van der Waals surface area contributed by atoms with Crippen molar-refractivity contribution in [2.45, 2.75) is 109 Å². The third-order valence-corrected chi connectivity index (χ3v) is 7.77. The molecule has 0 radical (unpaired) electrons. The highest BCUT2D eigenvalue weighted by Crippen LogP contribution is 2.38. The predicted octanol–water partition coefficient (Wildman–Crippen LogP) is 4.93. The number of nitrogens with zero attached hydrogens (tertiary/aromatic N) is 2. The van der Waals surface area contributed by atoms with Gasteiger partial charge in [0.25, 0.3) is 5.91 Å². The summed E-state index contributed by atoms with van der Waals surface area (Å²) >= 11 is 0. The molecular formula is C25H35N3O3. The number of rotatable bonds is 3. The van der Waals surface area contributed by atoms with Crippen LogP contribution < -0.4 is 5.32 Å². The summed E-state index contributed by atoms with van der Waals surface area (Å²) in [7, 11) is 0. The molecule has 2 fully saturated rings. The van der Waals surface area contributed by atoms with Gasteiger partial charge in [0, 0.05) is 24.2 Å². The first-order chi connectivity index (χ1) is 15.0. The SMILES string of the molecule is Cc1cc2c(cc3n2C[C@@](C)(C(=O)NC2CCCCCC2)N(C2CCCCC2)C3=O)o1. The number of aryl methyl sites for hydroxylation is 1. The second kappa shape index (κ2) is 8.03. The van der Waals surface area contributed by atoms with Crippen molar-refractivity contribution in [3.63, 3.8) is 0 Å². The van der Waals surface area contributed by atoms with E-state index < -0.39 is 5.54 Å². The summed E-state index contributed by atoms with van der Waals surface area (Å²) in [5, 5.41) is 3.37. The van der Waals surface area contributed by atoms with Gasteiger partial charge < -0.3 is 19.2 Å². The smallest absolute Gasteiger partial charge is 0.271 e. The topological polar surface area (TPSA) is 67.5 Å².